The van der Waals surface area contributed by atoms with Crippen LogP contribution in [0.5, 0.6) is 0 Å². The Bertz CT molecular complexity index is 872. The summed E-state index contributed by atoms with van der Waals surface area (Å²) in [6, 6.07) is 7.02. The lowest BCUT2D eigenvalue weighted by molar-refractivity contribution is -0.129. The Kier molecular flexibility index (Phi) is 5.40. The van der Waals surface area contributed by atoms with E-state index in [1.54, 1.807) is 18.2 Å². The van der Waals surface area contributed by atoms with Gasteiger partial charge in [-0.3, -0.25) is 4.79 Å². The van der Waals surface area contributed by atoms with E-state index < -0.39 is 10.0 Å². The number of amides is 1. The Hall–Kier alpha value is -1.44. The molecule has 0 radical (unpaired) electrons. The van der Waals surface area contributed by atoms with Gasteiger partial charge in [-0.05, 0) is 73.3 Å². The third kappa shape index (κ3) is 3.92. The fourth-order valence-electron chi connectivity index (χ4n) is 6.93. The monoisotopic (exact) mass is 432 g/mol. The molecule has 6 nitrogen and oxygen atoms in total. The quantitative estimate of drug-likeness (QED) is 0.750. The van der Waals surface area contributed by atoms with Crippen LogP contribution in [-0.4, -0.2) is 44.9 Å². The van der Waals surface area contributed by atoms with Crippen LogP contribution in [0.1, 0.15) is 50.5 Å². The highest BCUT2D eigenvalue weighted by Crippen LogP contribution is 2.61. The molecule has 1 aromatic carbocycles. The van der Waals surface area contributed by atoms with Gasteiger partial charge in [-0.2, -0.15) is 4.31 Å². The average Bonchev–Trinajstić information content (AvgIpc) is 2.72. The molecule has 0 aromatic heterocycles. The Morgan fingerprint density at radius 2 is 1.63 bits per heavy atom. The third-order valence-electron chi connectivity index (χ3n) is 7.74. The summed E-state index contributed by atoms with van der Waals surface area (Å²) in [6.07, 6.45) is 8.31. The van der Waals surface area contributed by atoms with Crippen molar-refractivity contribution >= 4 is 15.9 Å². The van der Waals surface area contributed by atoms with Gasteiger partial charge in [0.05, 0.1) is 18.1 Å². The van der Waals surface area contributed by atoms with Crippen LogP contribution in [0.2, 0.25) is 0 Å². The predicted octanol–water partition coefficient (Wildman–Crippen LogP) is 2.93. The summed E-state index contributed by atoms with van der Waals surface area (Å²) in [6.45, 7) is 1.83. The summed E-state index contributed by atoms with van der Waals surface area (Å²) in [5.74, 6) is 2.53. The number of benzene rings is 1. The first kappa shape index (κ1) is 20.5. The molecule has 1 saturated heterocycles. The van der Waals surface area contributed by atoms with Gasteiger partial charge >= 0.3 is 0 Å². The normalized spacial score (nSPS) is 33.5. The molecule has 0 atom stereocenters. The number of ether oxygens (including phenoxy) is 1. The fraction of sp³-hybridized carbons (Fsp3) is 0.696. The minimum absolute atomic E-state index is 0.0653. The van der Waals surface area contributed by atoms with Gasteiger partial charge < -0.3 is 10.1 Å². The predicted molar refractivity (Wildman–Crippen MR) is 113 cm³/mol. The minimum atomic E-state index is -3.58. The Labute approximate surface area is 179 Å². The van der Waals surface area contributed by atoms with E-state index in [0.29, 0.717) is 43.2 Å². The largest absolute Gasteiger partial charge is 0.379 e. The Morgan fingerprint density at radius 1 is 1.03 bits per heavy atom. The van der Waals surface area contributed by atoms with Gasteiger partial charge in [0.25, 0.3) is 0 Å². The lowest BCUT2D eigenvalue weighted by Gasteiger charge is -2.56. The van der Waals surface area contributed by atoms with Crippen molar-refractivity contribution in [2.45, 2.75) is 56.4 Å². The maximum absolute atomic E-state index is 13.1. The van der Waals surface area contributed by atoms with Crippen LogP contribution in [0.15, 0.2) is 29.2 Å². The van der Waals surface area contributed by atoms with Gasteiger partial charge in [-0.1, -0.05) is 18.2 Å². The van der Waals surface area contributed by atoms with E-state index in [1.165, 1.54) is 42.8 Å². The number of morpholine rings is 1. The maximum Gasteiger partial charge on any atom is 0.243 e. The van der Waals surface area contributed by atoms with Crippen molar-refractivity contribution in [2.75, 3.05) is 26.3 Å². The number of rotatable bonds is 6. The van der Waals surface area contributed by atoms with Crippen molar-refractivity contribution in [3.8, 4) is 0 Å². The Balaban J connectivity index is 1.25. The highest BCUT2D eigenvalue weighted by molar-refractivity contribution is 7.89. The zero-order valence-corrected chi connectivity index (χ0v) is 18.3. The molecule has 164 valence electrons. The molecule has 1 amide bonds. The summed E-state index contributed by atoms with van der Waals surface area (Å²) in [4.78, 5) is 13.2. The summed E-state index contributed by atoms with van der Waals surface area (Å²) in [7, 11) is -3.58. The highest BCUT2D eigenvalue weighted by atomic mass is 32.2. The molecule has 4 bridgehead atoms. The molecule has 0 unspecified atom stereocenters. The molecular formula is C23H32N2O4S. The standard InChI is InChI=1S/C23H32N2O4S/c26-22(15-23-12-17-9-18(13-23)11-19(10-17)14-23)24-16-20-3-1-2-4-21(20)30(27,28)25-5-7-29-8-6-25/h1-4,17-19H,5-16H2,(H,24,26). The number of carbonyl (C=O) groups excluding carboxylic acids is 1. The molecule has 1 aromatic rings. The number of sulfonamides is 1. The van der Waals surface area contributed by atoms with Crippen LogP contribution in [0.4, 0.5) is 0 Å². The maximum atomic E-state index is 13.1. The molecule has 0 spiro atoms. The van der Waals surface area contributed by atoms with Gasteiger partial charge in [-0.25, -0.2) is 8.42 Å². The zero-order chi connectivity index (χ0) is 20.8. The molecule has 5 aliphatic rings. The van der Waals surface area contributed by atoms with Crippen molar-refractivity contribution < 1.29 is 17.9 Å². The van der Waals surface area contributed by atoms with Gasteiger partial charge in [0.2, 0.25) is 15.9 Å². The first-order valence-corrected chi connectivity index (χ1v) is 12.8. The number of nitrogens with zero attached hydrogens (tertiary/aromatic N) is 1. The number of hydrogen-bond donors (Lipinski definition) is 1. The van der Waals surface area contributed by atoms with Gasteiger partial charge in [0.1, 0.15) is 0 Å². The molecule has 5 fully saturated rings. The minimum Gasteiger partial charge on any atom is -0.379 e. The molecule has 7 heteroatoms. The van der Waals surface area contributed by atoms with E-state index in [1.807, 2.05) is 6.07 Å². The van der Waals surface area contributed by atoms with E-state index in [2.05, 4.69) is 5.32 Å². The first-order chi connectivity index (χ1) is 14.4. The second-order valence-corrected chi connectivity index (χ2v) is 11.9. The molecular weight excluding hydrogens is 400 g/mol. The van der Waals surface area contributed by atoms with Crippen molar-refractivity contribution in [3.05, 3.63) is 29.8 Å². The Morgan fingerprint density at radius 3 is 2.27 bits per heavy atom. The molecule has 1 aliphatic heterocycles. The smallest absolute Gasteiger partial charge is 0.243 e. The van der Waals surface area contributed by atoms with Crippen molar-refractivity contribution in [3.63, 3.8) is 0 Å². The van der Waals surface area contributed by atoms with E-state index >= 15 is 0 Å². The fourth-order valence-corrected chi connectivity index (χ4v) is 8.56. The number of hydrogen-bond acceptors (Lipinski definition) is 4. The van der Waals surface area contributed by atoms with Crippen LogP contribution in [0, 0.1) is 23.2 Å². The lowest BCUT2D eigenvalue weighted by atomic mass is 9.49. The van der Waals surface area contributed by atoms with E-state index in [9.17, 15) is 13.2 Å². The van der Waals surface area contributed by atoms with Crippen molar-refractivity contribution in [1.29, 1.82) is 0 Å². The summed E-state index contributed by atoms with van der Waals surface area (Å²) >= 11 is 0. The van der Waals surface area contributed by atoms with Crippen molar-refractivity contribution in [1.82, 2.24) is 9.62 Å². The zero-order valence-electron chi connectivity index (χ0n) is 17.5. The van der Waals surface area contributed by atoms with Gasteiger partial charge in [0, 0.05) is 26.1 Å². The van der Waals surface area contributed by atoms with Crippen LogP contribution < -0.4 is 5.32 Å². The molecule has 1 heterocycles. The van der Waals surface area contributed by atoms with E-state index in [-0.39, 0.29) is 17.9 Å². The SMILES string of the molecule is O=C(CC12CC3CC(CC(C3)C1)C2)NCc1ccccc1S(=O)(=O)N1CCOCC1. The van der Waals surface area contributed by atoms with Crippen molar-refractivity contribution in [2.24, 2.45) is 23.2 Å². The second-order valence-electron chi connectivity index (χ2n) is 10.00. The topological polar surface area (TPSA) is 75.7 Å². The second kappa shape index (κ2) is 7.92. The van der Waals surface area contributed by atoms with E-state index in [4.69, 9.17) is 4.74 Å². The summed E-state index contributed by atoms with van der Waals surface area (Å²) < 4.78 is 33.0. The highest BCUT2D eigenvalue weighted by Gasteiger charge is 2.51. The van der Waals surface area contributed by atoms with Gasteiger partial charge in [-0.15, -0.1) is 0 Å². The molecule has 4 saturated carbocycles. The van der Waals surface area contributed by atoms with Crippen LogP contribution >= 0.6 is 0 Å². The molecule has 1 N–H and O–H groups in total. The average molecular weight is 433 g/mol. The lowest BCUT2D eigenvalue weighted by Crippen LogP contribution is -2.48. The van der Waals surface area contributed by atoms with Crippen LogP contribution in [0.3, 0.4) is 0 Å². The van der Waals surface area contributed by atoms with E-state index in [0.717, 1.165) is 17.8 Å². The first-order valence-electron chi connectivity index (χ1n) is 11.4. The van der Waals surface area contributed by atoms with Crippen LogP contribution in [-0.2, 0) is 26.1 Å². The van der Waals surface area contributed by atoms with Gasteiger partial charge in [0.15, 0.2) is 0 Å². The molecule has 4 aliphatic carbocycles. The molecule has 6 rings (SSSR count). The third-order valence-corrected chi connectivity index (χ3v) is 9.74. The molecule has 30 heavy (non-hydrogen) atoms. The van der Waals surface area contributed by atoms with Crippen LogP contribution in [0.25, 0.3) is 0 Å². The number of nitrogens with one attached hydrogen (secondary N) is 1. The summed E-state index contributed by atoms with van der Waals surface area (Å²) in [5, 5.41) is 3.04. The summed E-state index contributed by atoms with van der Waals surface area (Å²) in [5.41, 5.74) is 0.848. The number of carbonyl (C=O) groups is 1.